The molecule has 13 heavy (non-hydrogen) atoms. The minimum atomic E-state index is 0.320. The number of nitrogens with two attached hydrogens (primary N) is 2. The number of rotatable bonds is 1. The van der Waals surface area contributed by atoms with Crippen molar-refractivity contribution in [1.29, 1.82) is 0 Å². The van der Waals surface area contributed by atoms with E-state index < -0.39 is 0 Å². The van der Waals surface area contributed by atoms with Gasteiger partial charge in [-0.25, -0.2) is 0 Å². The highest BCUT2D eigenvalue weighted by Crippen LogP contribution is 2.26. The number of hydrogen-bond acceptors (Lipinski definition) is 3. The highest BCUT2D eigenvalue weighted by Gasteiger charge is 2.17. The van der Waals surface area contributed by atoms with Gasteiger partial charge in [0, 0.05) is 6.04 Å². The molecule has 1 unspecified atom stereocenters. The molecule has 0 heterocycles. The number of benzene rings is 1. The topological polar surface area (TPSA) is 64.1 Å². The van der Waals surface area contributed by atoms with Gasteiger partial charge >= 0.3 is 0 Å². The van der Waals surface area contributed by atoms with Crippen LogP contribution in [0.1, 0.15) is 17.5 Å². The molecule has 0 bridgehead atoms. The van der Waals surface area contributed by atoms with Crippen LogP contribution in [0.4, 0.5) is 5.69 Å². The first-order valence-corrected chi connectivity index (χ1v) is 4.64. The van der Waals surface area contributed by atoms with Crippen LogP contribution in [0.2, 0.25) is 0 Å². The zero-order valence-electron chi connectivity index (χ0n) is 7.59. The first-order chi connectivity index (χ1) is 6.31. The number of nitrogens with one attached hydrogen (secondary N) is 1. The Hall–Kier alpha value is -1.06. The van der Waals surface area contributed by atoms with Crippen LogP contribution in [-0.2, 0) is 12.8 Å². The van der Waals surface area contributed by atoms with Crippen LogP contribution < -0.4 is 17.0 Å². The van der Waals surface area contributed by atoms with E-state index in [0.29, 0.717) is 6.04 Å². The molecule has 0 saturated carbocycles. The molecule has 0 aliphatic heterocycles. The fraction of sp³-hybridized carbons (Fsp3) is 0.400. The zero-order valence-corrected chi connectivity index (χ0v) is 7.59. The minimum absolute atomic E-state index is 0.320. The maximum atomic E-state index is 5.89. The fourth-order valence-corrected chi connectivity index (χ4v) is 1.97. The van der Waals surface area contributed by atoms with Crippen molar-refractivity contribution in [2.75, 3.05) is 5.43 Å². The third-order valence-corrected chi connectivity index (χ3v) is 2.68. The molecule has 70 valence electrons. The third kappa shape index (κ3) is 1.53. The van der Waals surface area contributed by atoms with Gasteiger partial charge in [0.1, 0.15) is 0 Å². The summed E-state index contributed by atoms with van der Waals surface area (Å²) in [5.41, 5.74) is 12.3. The van der Waals surface area contributed by atoms with Crippen LogP contribution in [-0.4, -0.2) is 6.04 Å². The molecule has 1 aliphatic rings. The summed E-state index contributed by atoms with van der Waals surface area (Å²) in [6, 6.07) is 6.48. The molecule has 0 radical (unpaired) electrons. The van der Waals surface area contributed by atoms with Gasteiger partial charge in [-0.05, 0) is 36.5 Å². The molecular weight excluding hydrogens is 162 g/mol. The number of nitrogen functional groups attached to an aromatic ring is 1. The molecule has 1 aliphatic carbocycles. The molecule has 5 N–H and O–H groups in total. The molecule has 1 atom stereocenters. The van der Waals surface area contributed by atoms with Gasteiger partial charge in [0.25, 0.3) is 0 Å². The minimum Gasteiger partial charge on any atom is -0.327 e. The lowest BCUT2D eigenvalue weighted by molar-refractivity contribution is 0.577. The number of anilines is 1. The Balaban J connectivity index is 2.39. The second-order valence-electron chi connectivity index (χ2n) is 3.59. The smallest absolute Gasteiger partial charge is 0.0519 e. The Labute approximate surface area is 78.1 Å². The fourth-order valence-electron chi connectivity index (χ4n) is 1.97. The van der Waals surface area contributed by atoms with Gasteiger partial charge in [0.15, 0.2) is 0 Å². The van der Waals surface area contributed by atoms with Crippen molar-refractivity contribution in [1.82, 2.24) is 0 Å². The van der Waals surface area contributed by atoms with Gasteiger partial charge in [0.2, 0.25) is 0 Å². The van der Waals surface area contributed by atoms with Gasteiger partial charge in [-0.2, -0.15) is 0 Å². The van der Waals surface area contributed by atoms with E-state index >= 15 is 0 Å². The first-order valence-electron chi connectivity index (χ1n) is 4.64. The van der Waals surface area contributed by atoms with Gasteiger partial charge in [-0.3, -0.25) is 5.84 Å². The zero-order chi connectivity index (χ0) is 9.26. The molecular formula is C10H15N3. The normalized spacial score (nSPS) is 20.9. The number of hydrazine groups is 1. The van der Waals surface area contributed by atoms with Crippen LogP contribution in [0.5, 0.6) is 0 Å². The maximum absolute atomic E-state index is 5.89. The Morgan fingerprint density at radius 3 is 3.00 bits per heavy atom. The van der Waals surface area contributed by atoms with E-state index in [0.717, 1.165) is 24.9 Å². The summed E-state index contributed by atoms with van der Waals surface area (Å²) in [5, 5.41) is 0. The van der Waals surface area contributed by atoms with Gasteiger partial charge in [-0.1, -0.05) is 12.1 Å². The van der Waals surface area contributed by atoms with E-state index in [1.54, 1.807) is 0 Å². The molecule has 0 spiro atoms. The number of fused-ring (bicyclic) bond motifs is 1. The van der Waals surface area contributed by atoms with E-state index in [4.69, 9.17) is 11.6 Å². The second-order valence-corrected chi connectivity index (χ2v) is 3.59. The van der Waals surface area contributed by atoms with Crippen molar-refractivity contribution >= 4 is 5.69 Å². The summed E-state index contributed by atoms with van der Waals surface area (Å²) in [6.45, 7) is 0. The summed E-state index contributed by atoms with van der Waals surface area (Å²) < 4.78 is 0. The van der Waals surface area contributed by atoms with E-state index in [9.17, 15) is 0 Å². The predicted octanol–water partition coefficient (Wildman–Crippen LogP) is 0.788. The van der Waals surface area contributed by atoms with Gasteiger partial charge < -0.3 is 11.2 Å². The van der Waals surface area contributed by atoms with E-state index in [2.05, 4.69) is 11.5 Å². The Bertz CT molecular complexity index is 309. The summed E-state index contributed by atoms with van der Waals surface area (Å²) in [7, 11) is 0. The third-order valence-electron chi connectivity index (χ3n) is 2.68. The Kier molecular flexibility index (Phi) is 2.20. The van der Waals surface area contributed by atoms with Crippen molar-refractivity contribution in [3.05, 3.63) is 29.3 Å². The van der Waals surface area contributed by atoms with Crippen molar-refractivity contribution in [2.45, 2.75) is 25.3 Å². The predicted molar refractivity (Wildman–Crippen MR) is 54.3 cm³/mol. The molecule has 3 nitrogen and oxygen atoms in total. The monoisotopic (exact) mass is 177 g/mol. The molecule has 0 aromatic heterocycles. The van der Waals surface area contributed by atoms with Crippen molar-refractivity contribution < 1.29 is 0 Å². The highest BCUT2D eigenvalue weighted by atomic mass is 15.2. The van der Waals surface area contributed by atoms with Crippen LogP contribution in [0.25, 0.3) is 0 Å². The molecule has 1 aromatic carbocycles. The molecule has 0 fully saturated rings. The average Bonchev–Trinajstić information content (AvgIpc) is 2.16. The van der Waals surface area contributed by atoms with Crippen LogP contribution in [0.3, 0.4) is 0 Å². The van der Waals surface area contributed by atoms with Crippen LogP contribution >= 0.6 is 0 Å². The average molecular weight is 177 g/mol. The van der Waals surface area contributed by atoms with Crippen LogP contribution in [0, 0.1) is 0 Å². The Morgan fingerprint density at radius 2 is 2.23 bits per heavy atom. The quantitative estimate of drug-likeness (QED) is 0.439. The highest BCUT2D eigenvalue weighted by molar-refractivity contribution is 5.55. The molecule has 0 saturated heterocycles. The Morgan fingerprint density at radius 1 is 1.38 bits per heavy atom. The van der Waals surface area contributed by atoms with E-state index in [1.165, 1.54) is 11.1 Å². The molecule has 1 aromatic rings. The summed E-state index contributed by atoms with van der Waals surface area (Å²) in [5.74, 6) is 5.43. The standard InChI is InChI=1S/C10H15N3/c11-8-4-5-9-7(6-8)2-1-3-10(9)13-12/h1-3,8,13H,4-6,11-12H2. The molecule has 3 heteroatoms. The number of hydrogen-bond donors (Lipinski definition) is 3. The molecule has 2 rings (SSSR count). The van der Waals surface area contributed by atoms with Crippen LogP contribution in [0.15, 0.2) is 18.2 Å². The van der Waals surface area contributed by atoms with E-state index in [1.807, 2.05) is 12.1 Å². The van der Waals surface area contributed by atoms with Crippen molar-refractivity contribution in [2.24, 2.45) is 11.6 Å². The summed E-state index contributed by atoms with van der Waals surface area (Å²) in [4.78, 5) is 0. The van der Waals surface area contributed by atoms with Crippen molar-refractivity contribution in [3.8, 4) is 0 Å². The SMILES string of the molecule is NNc1cccc2c1CCC(N)C2. The lowest BCUT2D eigenvalue weighted by atomic mass is 9.88. The lowest BCUT2D eigenvalue weighted by Crippen LogP contribution is -2.28. The van der Waals surface area contributed by atoms with Gasteiger partial charge in [-0.15, -0.1) is 0 Å². The lowest BCUT2D eigenvalue weighted by Gasteiger charge is -2.23. The molecule has 0 amide bonds. The summed E-state index contributed by atoms with van der Waals surface area (Å²) in [6.07, 6.45) is 3.08. The summed E-state index contributed by atoms with van der Waals surface area (Å²) >= 11 is 0. The second kappa shape index (κ2) is 3.36. The largest absolute Gasteiger partial charge is 0.327 e. The van der Waals surface area contributed by atoms with Crippen molar-refractivity contribution in [3.63, 3.8) is 0 Å². The maximum Gasteiger partial charge on any atom is 0.0519 e. The first kappa shape index (κ1) is 8.53. The van der Waals surface area contributed by atoms with E-state index in [-0.39, 0.29) is 0 Å². The van der Waals surface area contributed by atoms with Gasteiger partial charge in [0.05, 0.1) is 5.69 Å².